The monoisotopic (exact) mass is 541 g/mol. The van der Waals surface area contributed by atoms with Crippen LogP contribution in [0.5, 0.6) is 0 Å². The molecule has 0 aliphatic rings. The molecule has 176 valence electrons. The Hall–Kier alpha value is -3.11. The van der Waals surface area contributed by atoms with Gasteiger partial charge in [0, 0.05) is 33.2 Å². The number of carbonyl (C=O) groups excluding carboxylic acids is 1. The summed E-state index contributed by atoms with van der Waals surface area (Å²) in [5, 5.41) is 13.8. The molecule has 0 fully saturated rings. The predicted octanol–water partition coefficient (Wildman–Crippen LogP) is 6.61. The summed E-state index contributed by atoms with van der Waals surface area (Å²) < 4.78 is 7.35. The van der Waals surface area contributed by atoms with E-state index in [0.29, 0.717) is 38.3 Å². The fourth-order valence-electron chi connectivity index (χ4n) is 3.31. The normalized spacial score (nSPS) is 11.0. The summed E-state index contributed by atoms with van der Waals surface area (Å²) >= 11 is 15.0. The average Bonchev–Trinajstić information content (AvgIpc) is 3.61. The number of amides is 1. The van der Waals surface area contributed by atoms with Crippen LogP contribution in [0.2, 0.25) is 10.0 Å². The number of halogens is 2. The molecule has 0 spiro atoms. The van der Waals surface area contributed by atoms with E-state index >= 15 is 0 Å². The summed E-state index contributed by atoms with van der Waals surface area (Å²) in [6.45, 7) is 0. The number of benzene rings is 2. The van der Waals surface area contributed by atoms with Crippen LogP contribution in [0.3, 0.4) is 0 Å². The van der Waals surface area contributed by atoms with Gasteiger partial charge < -0.3 is 9.73 Å². The van der Waals surface area contributed by atoms with Crippen LogP contribution in [-0.4, -0.2) is 31.4 Å². The van der Waals surface area contributed by atoms with Crippen molar-refractivity contribution in [2.75, 3.05) is 11.1 Å². The van der Waals surface area contributed by atoms with E-state index < -0.39 is 0 Å². The molecule has 0 aliphatic carbocycles. The maximum Gasteiger partial charge on any atom is 0.236 e. The number of furan rings is 1. The molecule has 3 heterocycles. The Morgan fingerprint density at radius 2 is 1.89 bits per heavy atom. The van der Waals surface area contributed by atoms with Crippen molar-refractivity contribution in [1.29, 1.82) is 0 Å². The number of nitrogens with zero attached hydrogens (tertiary/aromatic N) is 4. The molecule has 1 N–H and O–H groups in total. The number of thioether (sulfide) groups is 1. The fourth-order valence-corrected chi connectivity index (χ4v) is 5.25. The molecule has 2 aromatic carbocycles. The second kappa shape index (κ2) is 10.7. The number of rotatable bonds is 8. The summed E-state index contributed by atoms with van der Waals surface area (Å²) in [7, 11) is 0. The van der Waals surface area contributed by atoms with Gasteiger partial charge in [0.05, 0.1) is 12.0 Å². The number of aromatic nitrogens is 4. The molecule has 11 heteroatoms. The average molecular weight is 542 g/mol. The fraction of sp³-hybridized carbons (Fsp3) is 0.0833. The first-order valence-electron chi connectivity index (χ1n) is 10.4. The van der Waals surface area contributed by atoms with Crippen LogP contribution in [0.25, 0.3) is 17.3 Å². The molecule has 35 heavy (non-hydrogen) atoms. The van der Waals surface area contributed by atoms with Crippen molar-refractivity contribution < 1.29 is 9.21 Å². The highest BCUT2D eigenvalue weighted by molar-refractivity contribution is 7.99. The zero-order chi connectivity index (χ0) is 24.2. The third-order valence-electron chi connectivity index (χ3n) is 4.91. The van der Waals surface area contributed by atoms with Crippen molar-refractivity contribution in [3.8, 4) is 17.3 Å². The number of nitrogens with one attached hydrogen (secondary N) is 1. The highest BCUT2D eigenvalue weighted by atomic mass is 35.5. The Bertz CT molecular complexity index is 1450. The van der Waals surface area contributed by atoms with E-state index in [1.54, 1.807) is 36.7 Å². The van der Waals surface area contributed by atoms with Crippen molar-refractivity contribution in [1.82, 2.24) is 19.7 Å². The van der Waals surface area contributed by atoms with Crippen LogP contribution in [0, 0.1) is 0 Å². The van der Waals surface area contributed by atoms with Crippen LogP contribution in [0.15, 0.2) is 82.7 Å². The molecule has 3 aromatic heterocycles. The Kier molecular flexibility index (Phi) is 7.19. The first-order chi connectivity index (χ1) is 17.1. The topological polar surface area (TPSA) is 85.8 Å². The molecule has 0 radical (unpaired) electrons. The van der Waals surface area contributed by atoms with Gasteiger partial charge in [0.1, 0.15) is 0 Å². The summed E-state index contributed by atoms with van der Waals surface area (Å²) in [4.78, 5) is 18.0. The van der Waals surface area contributed by atoms with Crippen LogP contribution >= 0.6 is 46.3 Å². The molecule has 0 saturated heterocycles. The van der Waals surface area contributed by atoms with Crippen molar-refractivity contribution in [3.05, 3.63) is 93.6 Å². The lowest BCUT2D eigenvalue weighted by molar-refractivity contribution is -0.113. The maximum absolute atomic E-state index is 12.7. The minimum Gasteiger partial charge on any atom is -0.461 e. The van der Waals surface area contributed by atoms with Crippen LogP contribution in [0.4, 0.5) is 5.13 Å². The highest BCUT2D eigenvalue weighted by Gasteiger charge is 2.19. The maximum atomic E-state index is 12.7. The lowest BCUT2D eigenvalue weighted by atomic mass is 10.1. The number of thiazole rings is 1. The number of hydrogen-bond acceptors (Lipinski definition) is 7. The second-order valence-electron chi connectivity index (χ2n) is 7.33. The molecular weight excluding hydrogens is 525 g/mol. The molecule has 0 saturated carbocycles. The molecule has 0 aliphatic heterocycles. The first-order valence-corrected chi connectivity index (χ1v) is 13.0. The Balaban J connectivity index is 1.28. The number of carbonyl (C=O) groups is 1. The van der Waals surface area contributed by atoms with Crippen LogP contribution < -0.4 is 5.32 Å². The minimum atomic E-state index is -0.196. The quantitative estimate of drug-likeness (QED) is 0.222. The molecule has 0 atom stereocenters. The van der Waals surface area contributed by atoms with Gasteiger partial charge in [0.25, 0.3) is 0 Å². The summed E-state index contributed by atoms with van der Waals surface area (Å²) in [5.41, 5.74) is 1.82. The van der Waals surface area contributed by atoms with Crippen LogP contribution in [-0.2, 0) is 11.2 Å². The standard InChI is InChI=1S/C24H17Cl2N5O2S2/c25-16-7-9-17(10-8-16)31-22(20-6-3-11-33-20)29-30-24(31)34-14-21(32)28-23-27-13-18(35-23)12-15-4-1-2-5-19(15)26/h1-11,13H,12,14H2,(H,27,28,32). The molecule has 0 unspecified atom stereocenters. The largest absolute Gasteiger partial charge is 0.461 e. The summed E-state index contributed by atoms with van der Waals surface area (Å²) in [6.07, 6.45) is 3.98. The van der Waals surface area contributed by atoms with Gasteiger partial charge in [-0.3, -0.25) is 9.36 Å². The van der Waals surface area contributed by atoms with E-state index in [2.05, 4.69) is 20.5 Å². The molecule has 1 amide bonds. The zero-order valence-corrected chi connectivity index (χ0v) is 21.2. The Morgan fingerprint density at radius 3 is 2.66 bits per heavy atom. The number of anilines is 1. The van der Waals surface area contributed by atoms with Crippen molar-refractivity contribution in [3.63, 3.8) is 0 Å². The van der Waals surface area contributed by atoms with Gasteiger partial charge in [-0.05, 0) is 48.0 Å². The third kappa shape index (κ3) is 5.59. The second-order valence-corrected chi connectivity index (χ2v) is 10.2. The van der Waals surface area contributed by atoms with E-state index in [1.807, 2.05) is 41.0 Å². The molecule has 5 rings (SSSR count). The van der Waals surface area contributed by atoms with Crippen molar-refractivity contribution in [2.24, 2.45) is 0 Å². The van der Waals surface area contributed by atoms with Gasteiger partial charge in [-0.1, -0.05) is 53.2 Å². The Labute approximate surface area is 219 Å². The first kappa shape index (κ1) is 23.6. The van der Waals surface area contributed by atoms with E-state index in [4.69, 9.17) is 27.6 Å². The van der Waals surface area contributed by atoms with Gasteiger partial charge in [0.15, 0.2) is 16.0 Å². The van der Waals surface area contributed by atoms with E-state index in [-0.39, 0.29) is 11.7 Å². The minimum absolute atomic E-state index is 0.128. The van der Waals surface area contributed by atoms with Gasteiger partial charge in [-0.15, -0.1) is 21.5 Å². The van der Waals surface area contributed by atoms with E-state index in [1.165, 1.54) is 23.1 Å². The van der Waals surface area contributed by atoms with Gasteiger partial charge in [-0.25, -0.2) is 4.98 Å². The molecule has 0 bridgehead atoms. The molecule has 7 nitrogen and oxygen atoms in total. The van der Waals surface area contributed by atoms with Crippen LogP contribution in [0.1, 0.15) is 10.4 Å². The van der Waals surface area contributed by atoms with Crippen molar-refractivity contribution >= 4 is 57.3 Å². The number of hydrogen-bond donors (Lipinski definition) is 1. The zero-order valence-electron chi connectivity index (χ0n) is 18.0. The predicted molar refractivity (Wildman–Crippen MR) is 140 cm³/mol. The van der Waals surface area contributed by atoms with Gasteiger partial charge in [0.2, 0.25) is 11.7 Å². The van der Waals surface area contributed by atoms with E-state index in [0.717, 1.165) is 16.1 Å². The molecule has 5 aromatic rings. The van der Waals surface area contributed by atoms with Crippen molar-refractivity contribution in [2.45, 2.75) is 11.6 Å². The van der Waals surface area contributed by atoms with Gasteiger partial charge >= 0.3 is 0 Å². The Morgan fingerprint density at radius 1 is 1.06 bits per heavy atom. The SMILES string of the molecule is O=C(CSc1nnc(-c2ccco2)n1-c1ccc(Cl)cc1)Nc1ncc(Cc2ccccc2Cl)s1. The lowest BCUT2D eigenvalue weighted by Crippen LogP contribution is -2.14. The van der Waals surface area contributed by atoms with Gasteiger partial charge in [-0.2, -0.15) is 0 Å². The summed E-state index contributed by atoms with van der Waals surface area (Å²) in [6, 6.07) is 18.6. The summed E-state index contributed by atoms with van der Waals surface area (Å²) in [5.74, 6) is 1.03. The highest BCUT2D eigenvalue weighted by Crippen LogP contribution is 2.29. The lowest BCUT2D eigenvalue weighted by Gasteiger charge is -2.09. The third-order valence-corrected chi connectivity index (χ3v) is 7.38. The molecular formula is C24H17Cl2N5O2S2. The smallest absolute Gasteiger partial charge is 0.236 e. The van der Waals surface area contributed by atoms with E-state index in [9.17, 15) is 4.79 Å².